The summed E-state index contributed by atoms with van der Waals surface area (Å²) in [6, 6.07) is 27.4. The lowest BCUT2D eigenvalue weighted by atomic mass is 10.0. The molecule has 0 bridgehead atoms. The molecule has 4 aromatic rings. The molecular formula is C25H21N5O2. The standard InChI is InChI=1S/C25H21N5O2/c1-17-28-29-24-23(27-25(31)32-16-18-10-4-2-5-11-18)26-22(19-12-6-3-7-13-19)20-14-8-9-15-21(20)30(17)24/h2-15,23H,16H2,1H3,(H,27,31). The Hall–Kier alpha value is -4.26. The Balaban J connectivity index is 1.53. The van der Waals surface area contributed by atoms with Crippen molar-refractivity contribution in [2.24, 2.45) is 4.99 Å². The second-order valence-corrected chi connectivity index (χ2v) is 7.41. The van der Waals surface area contributed by atoms with Crippen molar-refractivity contribution < 1.29 is 9.53 Å². The zero-order valence-corrected chi connectivity index (χ0v) is 17.5. The number of ether oxygens (including phenoxy) is 1. The lowest BCUT2D eigenvalue weighted by Gasteiger charge is -2.14. The number of benzene rings is 3. The number of carbonyl (C=O) groups is 1. The summed E-state index contributed by atoms with van der Waals surface area (Å²) >= 11 is 0. The van der Waals surface area contributed by atoms with Gasteiger partial charge in [0.2, 0.25) is 0 Å². The predicted molar refractivity (Wildman–Crippen MR) is 121 cm³/mol. The molecule has 1 aromatic heterocycles. The molecule has 1 atom stereocenters. The Labute approximate surface area is 185 Å². The Kier molecular flexibility index (Phi) is 5.21. The Morgan fingerprint density at radius 1 is 0.938 bits per heavy atom. The van der Waals surface area contributed by atoms with Crippen LogP contribution >= 0.6 is 0 Å². The summed E-state index contributed by atoms with van der Waals surface area (Å²) in [7, 11) is 0. The van der Waals surface area contributed by atoms with E-state index in [4.69, 9.17) is 9.73 Å². The summed E-state index contributed by atoms with van der Waals surface area (Å²) in [6.07, 6.45) is -1.34. The fourth-order valence-electron chi connectivity index (χ4n) is 3.78. The maximum absolute atomic E-state index is 12.7. The van der Waals surface area contributed by atoms with Crippen LogP contribution in [0.1, 0.15) is 34.5 Å². The van der Waals surface area contributed by atoms with Crippen molar-refractivity contribution in [2.75, 3.05) is 0 Å². The van der Waals surface area contributed by atoms with Crippen LogP contribution in [0.4, 0.5) is 4.79 Å². The van der Waals surface area contributed by atoms with Gasteiger partial charge in [-0.25, -0.2) is 4.79 Å². The maximum Gasteiger partial charge on any atom is 0.409 e. The van der Waals surface area contributed by atoms with Crippen LogP contribution in [-0.2, 0) is 11.3 Å². The summed E-state index contributed by atoms with van der Waals surface area (Å²) in [6.45, 7) is 2.05. The number of para-hydroxylation sites is 1. The third-order valence-corrected chi connectivity index (χ3v) is 5.27. The van der Waals surface area contributed by atoms with Gasteiger partial charge in [-0.2, -0.15) is 0 Å². The van der Waals surface area contributed by atoms with Gasteiger partial charge < -0.3 is 4.74 Å². The maximum atomic E-state index is 12.7. The molecule has 0 aliphatic carbocycles. The molecule has 0 saturated carbocycles. The van der Waals surface area contributed by atoms with E-state index in [1.165, 1.54) is 0 Å². The third kappa shape index (κ3) is 3.76. The number of hydrogen-bond donors (Lipinski definition) is 1. The number of aryl methyl sites for hydroxylation is 1. The highest BCUT2D eigenvalue weighted by molar-refractivity contribution is 6.15. The van der Waals surface area contributed by atoms with Crippen molar-refractivity contribution in [2.45, 2.75) is 19.7 Å². The number of nitrogens with zero attached hydrogens (tertiary/aromatic N) is 4. The summed E-state index contributed by atoms with van der Waals surface area (Å²) < 4.78 is 7.36. The van der Waals surface area contributed by atoms with Crippen molar-refractivity contribution >= 4 is 11.8 Å². The number of aliphatic imine (C=N–C) groups is 1. The van der Waals surface area contributed by atoms with E-state index in [0.29, 0.717) is 11.6 Å². The topological polar surface area (TPSA) is 81.4 Å². The van der Waals surface area contributed by atoms with Crippen LogP contribution in [0.25, 0.3) is 5.69 Å². The molecule has 5 rings (SSSR count). The molecule has 1 amide bonds. The van der Waals surface area contributed by atoms with Crippen molar-refractivity contribution in [1.29, 1.82) is 0 Å². The van der Waals surface area contributed by atoms with Gasteiger partial charge in [0.1, 0.15) is 12.4 Å². The first-order valence-corrected chi connectivity index (χ1v) is 10.3. The minimum absolute atomic E-state index is 0.167. The fraction of sp³-hybridized carbons (Fsp3) is 0.120. The zero-order chi connectivity index (χ0) is 21.9. The molecule has 0 radical (unpaired) electrons. The quantitative estimate of drug-likeness (QED) is 0.529. The monoisotopic (exact) mass is 423 g/mol. The summed E-state index contributed by atoms with van der Waals surface area (Å²) in [5, 5.41) is 11.4. The van der Waals surface area contributed by atoms with E-state index in [-0.39, 0.29) is 6.61 Å². The average Bonchev–Trinajstić information content (AvgIpc) is 3.16. The van der Waals surface area contributed by atoms with E-state index < -0.39 is 12.3 Å². The van der Waals surface area contributed by atoms with Gasteiger partial charge in [-0.15, -0.1) is 10.2 Å². The molecule has 32 heavy (non-hydrogen) atoms. The molecule has 3 aromatic carbocycles. The summed E-state index contributed by atoms with van der Waals surface area (Å²) in [5.41, 5.74) is 4.46. The minimum atomic E-state index is -0.762. The van der Waals surface area contributed by atoms with E-state index in [2.05, 4.69) is 15.5 Å². The van der Waals surface area contributed by atoms with Crippen molar-refractivity contribution in [3.8, 4) is 5.69 Å². The van der Waals surface area contributed by atoms with Crippen LogP contribution in [-0.4, -0.2) is 26.6 Å². The highest BCUT2D eigenvalue weighted by Crippen LogP contribution is 2.29. The highest BCUT2D eigenvalue weighted by Gasteiger charge is 2.29. The van der Waals surface area contributed by atoms with Crippen LogP contribution in [0, 0.1) is 6.92 Å². The van der Waals surface area contributed by atoms with Gasteiger partial charge in [-0.3, -0.25) is 14.9 Å². The fourth-order valence-corrected chi connectivity index (χ4v) is 3.78. The largest absolute Gasteiger partial charge is 0.445 e. The minimum Gasteiger partial charge on any atom is -0.445 e. The van der Waals surface area contributed by atoms with E-state index in [9.17, 15) is 4.79 Å². The molecule has 1 aliphatic heterocycles. The molecule has 0 spiro atoms. The van der Waals surface area contributed by atoms with Gasteiger partial charge in [-0.1, -0.05) is 78.9 Å². The highest BCUT2D eigenvalue weighted by atomic mass is 16.5. The van der Waals surface area contributed by atoms with E-state index in [1.54, 1.807) is 0 Å². The van der Waals surface area contributed by atoms with Crippen molar-refractivity contribution in [3.05, 3.63) is 113 Å². The van der Waals surface area contributed by atoms with Crippen LogP contribution in [0.5, 0.6) is 0 Å². The predicted octanol–water partition coefficient (Wildman–Crippen LogP) is 4.35. The van der Waals surface area contributed by atoms with Gasteiger partial charge in [0.25, 0.3) is 0 Å². The van der Waals surface area contributed by atoms with Crippen LogP contribution in [0.3, 0.4) is 0 Å². The number of rotatable bonds is 4. The smallest absolute Gasteiger partial charge is 0.409 e. The lowest BCUT2D eigenvalue weighted by molar-refractivity contribution is 0.135. The lowest BCUT2D eigenvalue weighted by Crippen LogP contribution is -2.30. The molecular weight excluding hydrogens is 402 g/mol. The Morgan fingerprint density at radius 2 is 1.62 bits per heavy atom. The number of amides is 1. The first-order chi connectivity index (χ1) is 15.7. The van der Waals surface area contributed by atoms with Gasteiger partial charge in [0.05, 0.1) is 11.4 Å². The molecule has 2 heterocycles. The third-order valence-electron chi connectivity index (χ3n) is 5.27. The molecule has 7 nitrogen and oxygen atoms in total. The van der Waals surface area contributed by atoms with Crippen LogP contribution in [0.15, 0.2) is 89.9 Å². The average molecular weight is 423 g/mol. The second kappa shape index (κ2) is 8.47. The van der Waals surface area contributed by atoms with Gasteiger partial charge in [0.15, 0.2) is 12.0 Å². The molecule has 7 heteroatoms. The number of hydrogen-bond acceptors (Lipinski definition) is 5. The molecule has 0 saturated heterocycles. The number of alkyl carbamates (subject to hydrolysis) is 1. The summed E-state index contributed by atoms with van der Waals surface area (Å²) in [5.74, 6) is 1.24. The number of fused-ring (bicyclic) bond motifs is 3. The molecule has 1 N–H and O–H groups in total. The van der Waals surface area contributed by atoms with Crippen molar-refractivity contribution in [3.63, 3.8) is 0 Å². The molecule has 1 aliphatic rings. The summed E-state index contributed by atoms with van der Waals surface area (Å²) in [4.78, 5) is 17.6. The SMILES string of the molecule is Cc1nnc2n1-c1ccccc1C(c1ccccc1)=NC2NC(=O)OCc1ccccc1. The van der Waals surface area contributed by atoms with E-state index >= 15 is 0 Å². The number of aromatic nitrogens is 3. The van der Waals surface area contributed by atoms with E-state index in [1.807, 2.05) is 96.4 Å². The number of carbonyl (C=O) groups excluding carboxylic acids is 1. The van der Waals surface area contributed by atoms with Gasteiger partial charge in [-0.05, 0) is 18.6 Å². The Morgan fingerprint density at radius 3 is 2.41 bits per heavy atom. The van der Waals surface area contributed by atoms with Crippen LogP contribution < -0.4 is 5.32 Å². The Bertz CT molecular complexity index is 1280. The normalized spacial score (nSPS) is 14.5. The molecule has 0 fully saturated rings. The second-order valence-electron chi connectivity index (χ2n) is 7.41. The number of nitrogens with one attached hydrogen (secondary N) is 1. The van der Waals surface area contributed by atoms with Gasteiger partial charge >= 0.3 is 6.09 Å². The van der Waals surface area contributed by atoms with Gasteiger partial charge in [0, 0.05) is 11.1 Å². The molecule has 1 unspecified atom stereocenters. The first kappa shape index (κ1) is 19.7. The van der Waals surface area contributed by atoms with Crippen LogP contribution in [0.2, 0.25) is 0 Å². The zero-order valence-electron chi connectivity index (χ0n) is 17.5. The first-order valence-electron chi connectivity index (χ1n) is 10.3. The van der Waals surface area contributed by atoms with E-state index in [0.717, 1.165) is 28.1 Å². The van der Waals surface area contributed by atoms with Crippen molar-refractivity contribution in [1.82, 2.24) is 20.1 Å². The molecule has 158 valence electrons.